The van der Waals surface area contributed by atoms with Crippen LogP contribution in [0.5, 0.6) is 0 Å². The minimum Gasteiger partial charge on any atom is -0.348 e. The van der Waals surface area contributed by atoms with E-state index in [0.717, 1.165) is 5.56 Å². The Hall–Kier alpha value is -1.78. The molecule has 0 fully saturated rings. The minimum atomic E-state index is -0.168. The lowest BCUT2D eigenvalue weighted by Crippen LogP contribution is -2.34. The SMILES string of the molecule is CC(Cn1ccnc1)NC(=O)C=Cc1cc(Cl)cc(Cl)c1. The summed E-state index contributed by atoms with van der Waals surface area (Å²) in [5.41, 5.74) is 0.782. The maximum atomic E-state index is 11.8. The summed E-state index contributed by atoms with van der Waals surface area (Å²) in [6.07, 6.45) is 8.42. The van der Waals surface area contributed by atoms with Crippen molar-refractivity contribution in [3.8, 4) is 0 Å². The molecule has 1 unspecified atom stereocenters. The second-order valence-corrected chi connectivity index (χ2v) is 5.58. The molecule has 0 aliphatic carbocycles. The number of amides is 1. The predicted molar refractivity (Wildman–Crippen MR) is 85.3 cm³/mol. The Morgan fingerprint density at radius 3 is 2.71 bits per heavy atom. The van der Waals surface area contributed by atoms with Gasteiger partial charge in [-0.1, -0.05) is 23.2 Å². The molecular formula is C15H15Cl2N3O. The van der Waals surface area contributed by atoms with Gasteiger partial charge in [0.2, 0.25) is 5.91 Å². The van der Waals surface area contributed by atoms with Crippen molar-refractivity contribution in [3.05, 3.63) is 58.6 Å². The van der Waals surface area contributed by atoms with Crippen LogP contribution in [0.2, 0.25) is 10.0 Å². The van der Waals surface area contributed by atoms with Crippen LogP contribution in [0.3, 0.4) is 0 Å². The number of hydrogen-bond acceptors (Lipinski definition) is 2. The third-order valence-electron chi connectivity index (χ3n) is 2.74. The Labute approximate surface area is 133 Å². The monoisotopic (exact) mass is 323 g/mol. The number of carbonyl (C=O) groups is 1. The van der Waals surface area contributed by atoms with Crippen molar-refractivity contribution < 1.29 is 4.79 Å². The first kappa shape index (κ1) is 15.6. The van der Waals surface area contributed by atoms with Crippen LogP contribution in [0.25, 0.3) is 6.08 Å². The van der Waals surface area contributed by atoms with E-state index in [0.29, 0.717) is 16.6 Å². The molecule has 2 rings (SSSR count). The van der Waals surface area contributed by atoms with Crippen LogP contribution in [-0.4, -0.2) is 21.5 Å². The molecule has 0 spiro atoms. The fourth-order valence-electron chi connectivity index (χ4n) is 1.89. The molecule has 0 saturated heterocycles. The van der Waals surface area contributed by atoms with Crippen molar-refractivity contribution in [3.63, 3.8) is 0 Å². The van der Waals surface area contributed by atoms with Crippen molar-refractivity contribution >= 4 is 35.2 Å². The number of benzene rings is 1. The first-order chi connectivity index (χ1) is 10.0. The van der Waals surface area contributed by atoms with Gasteiger partial charge >= 0.3 is 0 Å². The third kappa shape index (κ3) is 5.25. The summed E-state index contributed by atoms with van der Waals surface area (Å²) in [4.78, 5) is 15.8. The normalized spacial score (nSPS) is 12.5. The van der Waals surface area contributed by atoms with Crippen LogP contribution in [0, 0.1) is 0 Å². The topological polar surface area (TPSA) is 46.9 Å². The quantitative estimate of drug-likeness (QED) is 0.857. The molecule has 1 heterocycles. The maximum Gasteiger partial charge on any atom is 0.244 e. The fourth-order valence-corrected chi connectivity index (χ4v) is 2.43. The number of hydrogen-bond donors (Lipinski definition) is 1. The van der Waals surface area contributed by atoms with E-state index in [9.17, 15) is 4.79 Å². The first-order valence-electron chi connectivity index (χ1n) is 6.43. The minimum absolute atomic E-state index is 0.000649. The van der Waals surface area contributed by atoms with E-state index in [1.165, 1.54) is 6.08 Å². The van der Waals surface area contributed by atoms with Gasteiger partial charge in [-0.25, -0.2) is 4.98 Å². The highest BCUT2D eigenvalue weighted by Crippen LogP contribution is 2.19. The molecule has 1 aromatic heterocycles. The molecule has 0 saturated carbocycles. The van der Waals surface area contributed by atoms with Gasteiger partial charge in [-0.2, -0.15) is 0 Å². The van der Waals surface area contributed by atoms with E-state index < -0.39 is 0 Å². The van der Waals surface area contributed by atoms with E-state index in [4.69, 9.17) is 23.2 Å². The Kier molecular flexibility index (Phi) is 5.42. The Balaban J connectivity index is 1.90. The number of imidazole rings is 1. The molecule has 0 aliphatic heterocycles. The summed E-state index contributed by atoms with van der Waals surface area (Å²) in [5, 5.41) is 3.95. The summed E-state index contributed by atoms with van der Waals surface area (Å²) < 4.78 is 1.91. The standard InChI is InChI=1S/C15H15Cl2N3O/c1-11(9-20-5-4-18-10-20)19-15(21)3-2-12-6-13(16)8-14(17)7-12/h2-8,10-11H,9H2,1H3,(H,19,21). The second-order valence-electron chi connectivity index (χ2n) is 4.71. The molecule has 2 aromatic rings. The number of nitrogens with one attached hydrogen (secondary N) is 1. The smallest absolute Gasteiger partial charge is 0.244 e. The summed E-state index contributed by atoms with van der Waals surface area (Å²) >= 11 is 11.8. The van der Waals surface area contributed by atoms with Crippen LogP contribution in [0.15, 0.2) is 43.0 Å². The number of rotatable bonds is 5. The highest BCUT2D eigenvalue weighted by Gasteiger charge is 2.05. The van der Waals surface area contributed by atoms with E-state index in [1.807, 2.05) is 17.7 Å². The number of carbonyl (C=O) groups excluding carboxylic acids is 1. The average molecular weight is 324 g/mol. The molecule has 0 aliphatic rings. The zero-order valence-electron chi connectivity index (χ0n) is 11.5. The van der Waals surface area contributed by atoms with Gasteiger partial charge in [0, 0.05) is 41.1 Å². The number of aromatic nitrogens is 2. The molecule has 1 N–H and O–H groups in total. The average Bonchev–Trinajstić information content (AvgIpc) is 2.88. The number of nitrogens with zero attached hydrogens (tertiary/aromatic N) is 2. The number of halogens is 2. The molecular weight excluding hydrogens is 309 g/mol. The van der Waals surface area contributed by atoms with E-state index >= 15 is 0 Å². The van der Waals surface area contributed by atoms with Crippen LogP contribution in [0.1, 0.15) is 12.5 Å². The second kappa shape index (κ2) is 7.29. The van der Waals surface area contributed by atoms with E-state index in [2.05, 4.69) is 10.3 Å². The first-order valence-corrected chi connectivity index (χ1v) is 7.19. The molecule has 1 atom stereocenters. The van der Waals surface area contributed by atoms with Gasteiger partial charge in [0.15, 0.2) is 0 Å². The predicted octanol–water partition coefficient (Wildman–Crippen LogP) is 3.41. The molecule has 0 bridgehead atoms. The van der Waals surface area contributed by atoms with Crippen molar-refractivity contribution in [2.75, 3.05) is 0 Å². The maximum absolute atomic E-state index is 11.8. The molecule has 1 aromatic carbocycles. The van der Waals surface area contributed by atoms with Crippen molar-refractivity contribution in [2.45, 2.75) is 19.5 Å². The zero-order valence-corrected chi connectivity index (χ0v) is 13.0. The van der Waals surface area contributed by atoms with E-state index in [-0.39, 0.29) is 11.9 Å². The third-order valence-corrected chi connectivity index (χ3v) is 3.18. The summed E-state index contributed by atoms with van der Waals surface area (Å²) in [6.45, 7) is 2.60. The molecule has 0 radical (unpaired) electrons. The van der Waals surface area contributed by atoms with Gasteiger partial charge in [0.05, 0.1) is 6.33 Å². The van der Waals surface area contributed by atoms with Crippen molar-refractivity contribution in [2.24, 2.45) is 0 Å². The van der Waals surface area contributed by atoms with Gasteiger partial charge in [-0.3, -0.25) is 4.79 Å². The van der Waals surface area contributed by atoms with Crippen molar-refractivity contribution in [1.82, 2.24) is 14.9 Å². The van der Waals surface area contributed by atoms with Gasteiger partial charge in [0.25, 0.3) is 0 Å². The highest BCUT2D eigenvalue weighted by molar-refractivity contribution is 6.34. The lowest BCUT2D eigenvalue weighted by Gasteiger charge is -2.12. The van der Waals surface area contributed by atoms with Crippen LogP contribution in [-0.2, 0) is 11.3 Å². The largest absolute Gasteiger partial charge is 0.348 e. The Morgan fingerprint density at radius 2 is 2.10 bits per heavy atom. The van der Waals surface area contributed by atoms with Crippen molar-refractivity contribution in [1.29, 1.82) is 0 Å². The lowest BCUT2D eigenvalue weighted by atomic mass is 10.2. The Bertz CT molecular complexity index is 618. The van der Waals surface area contributed by atoms with Crippen LogP contribution >= 0.6 is 23.2 Å². The summed E-state index contributed by atoms with van der Waals surface area (Å²) in [7, 11) is 0. The molecule has 4 nitrogen and oxygen atoms in total. The van der Waals surface area contributed by atoms with Gasteiger partial charge in [-0.05, 0) is 36.8 Å². The molecule has 6 heteroatoms. The summed E-state index contributed by atoms with van der Waals surface area (Å²) in [5.74, 6) is -0.168. The van der Waals surface area contributed by atoms with Gasteiger partial charge < -0.3 is 9.88 Å². The fraction of sp³-hybridized carbons (Fsp3) is 0.200. The van der Waals surface area contributed by atoms with E-state index in [1.54, 1.807) is 36.8 Å². The molecule has 21 heavy (non-hydrogen) atoms. The zero-order chi connectivity index (χ0) is 15.2. The van der Waals surface area contributed by atoms with Gasteiger partial charge in [-0.15, -0.1) is 0 Å². The van der Waals surface area contributed by atoms with Crippen LogP contribution < -0.4 is 5.32 Å². The lowest BCUT2D eigenvalue weighted by molar-refractivity contribution is -0.117. The highest BCUT2D eigenvalue weighted by atomic mass is 35.5. The summed E-state index contributed by atoms with van der Waals surface area (Å²) in [6, 6.07) is 5.13. The molecule has 1 amide bonds. The van der Waals surface area contributed by atoms with Gasteiger partial charge in [0.1, 0.15) is 0 Å². The molecule has 110 valence electrons. The Morgan fingerprint density at radius 1 is 1.38 bits per heavy atom. The van der Waals surface area contributed by atoms with Crippen LogP contribution in [0.4, 0.5) is 0 Å².